The molecule has 3 aromatic carbocycles. The molecule has 0 bridgehead atoms. The maximum Gasteiger partial charge on any atom is 0.347 e. The zero-order valence-corrected chi connectivity index (χ0v) is 51.0. The molecular weight excluding hydrogens is 1130 g/mol. The molecule has 1 saturated heterocycles. The lowest BCUT2D eigenvalue weighted by Crippen LogP contribution is -2.51. The van der Waals surface area contributed by atoms with Gasteiger partial charge < -0.3 is 61.1 Å². The topological polar surface area (TPSA) is 327 Å². The average molecular weight is 1220 g/mol. The van der Waals surface area contributed by atoms with Crippen molar-refractivity contribution < 1.29 is 76.7 Å². The van der Waals surface area contributed by atoms with Gasteiger partial charge in [-0.25, -0.2) is 9.59 Å². The maximum atomic E-state index is 14.0. The van der Waals surface area contributed by atoms with Gasteiger partial charge in [-0.1, -0.05) is 94.8 Å². The molecule has 8 N–H and O–H groups in total. The van der Waals surface area contributed by atoms with Crippen LogP contribution in [-0.4, -0.2) is 115 Å². The number of esters is 3. The maximum absolute atomic E-state index is 14.0. The van der Waals surface area contributed by atoms with Crippen molar-refractivity contribution in [1.29, 1.82) is 0 Å². The molecular formula is C63H83ClN6O16. The van der Waals surface area contributed by atoms with E-state index >= 15 is 0 Å². The number of aliphatic carboxylic acids is 1. The lowest BCUT2D eigenvalue weighted by molar-refractivity contribution is -0.179. The Balaban J connectivity index is 1.16. The number of aryl methyl sites for hydroxylation is 1. The van der Waals surface area contributed by atoms with Gasteiger partial charge in [-0.3, -0.25) is 38.4 Å². The molecule has 0 saturated carbocycles. The van der Waals surface area contributed by atoms with Crippen LogP contribution in [0.15, 0.2) is 78.9 Å². The summed E-state index contributed by atoms with van der Waals surface area (Å²) in [7, 11) is 1.48. The number of hydrogen-bond donors (Lipinski definition) is 7. The molecule has 0 aliphatic carbocycles. The fourth-order valence-electron chi connectivity index (χ4n) is 9.63. The minimum absolute atomic E-state index is 0.0329. The average Bonchev–Trinajstić information content (AvgIpc) is 2.02. The van der Waals surface area contributed by atoms with Crippen molar-refractivity contribution in [2.45, 2.75) is 162 Å². The van der Waals surface area contributed by atoms with Crippen LogP contribution in [0.1, 0.15) is 135 Å². The number of ether oxygens (including phenoxy) is 5. The number of carbonyl (C=O) groups excluding carboxylic acids is 9. The third kappa shape index (κ3) is 22.5. The Morgan fingerprint density at radius 3 is 2.20 bits per heavy atom. The van der Waals surface area contributed by atoms with Crippen LogP contribution in [0, 0.1) is 29.1 Å². The number of nitrogens with one attached hydrogen (secondary N) is 5. The van der Waals surface area contributed by atoms with E-state index in [1.165, 1.54) is 13.2 Å². The van der Waals surface area contributed by atoms with E-state index in [-0.39, 0.29) is 101 Å². The molecule has 2 aliphatic rings. The highest BCUT2D eigenvalue weighted by Crippen LogP contribution is 2.45. The van der Waals surface area contributed by atoms with Crippen molar-refractivity contribution in [2.24, 2.45) is 34.8 Å². The Kier molecular flexibility index (Phi) is 26.6. The quantitative estimate of drug-likeness (QED) is 0.0164. The Hall–Kier alpha value is -7.85. The number of carboxylic acids is 1. The molecule has 0 aromatic heterocycles. The summed E-state index contributed by atoms with van der Waals surface area (Å²) >= 11 is 6.38. The summed E-state index contributed by atoms with van der Waals surface area (Å²) in [5.74, 6) is -6.53. The fourth-order valence-corrected chi connectivity index (χ4v) is 9.91. The van der Waals surface area contributed by atoms with E-state index in [1.807, 2.05) is 45.0 Å². The molecule has 2 heterocycles. The third-order valence-corrected chi connectivity index (χ3v) is 15.1. The van der Waals surface area contributed by atoms with Crippen LogP contribution in [0.4, 0.5) is 10.5 Å². The first kappa shape index (κ1) is 68.9. The zero-order valence-electron chi connectivity index (χ0n) is 50.2. The molecule has 1 fully saturated rings. The van der Waals surface area contributed by atoms with Gasteiger partial charge in [0.1, 0.15) is 30.6 Å². The summed E-state index contributed by atoms with van der Waals surface area (Å²) in [4.78, 5) is 130. The van der Waals surface area contributed by atoms with Gasteiger partial charge in [0.25, 0.3) is 0 Å². The van der Waals surface area contributed by atoms with Crippen molar-refractivity contribution in [3.8, 4) is 5.75 Å². The van der Waals surface area contributed by atoms with Crippen LogP contribution in [0.3, 0.4) is 0 Å². The normalized spacial score (nSPS) is 20.4. The summed E-state index contributed by atoms with van der Waals surface area (Å²) in [5.41, 5.74) is 7.36. The number of hydrogen-bond acceptors (Lipinski definition) is 15. The van der Waals surface area contributed by atoms with Crippen LogP contribution in [0.25, 0.3) is 0 Å². The number of methoxy groups -OCH3 is 1. The molecule has 6 amide bonds. The summed E-state index contributed by atoms with van der Waals surface area (Å²) in [6.45, 7) is 12.3. The SMILES string of the molecule is COc1ccc(C[C@H]2NC(=O)/C=C/CC([C@H](C)[C@@H]3O[C@H]3c3ccc(CCC(=O)OCc4ccc(NC(=O)[C@H](CCCNC(N)=O)CC(=O)[C@@H](NC(=O)CCCC(=O)O)C(C)C)cc4)cc3)OC(=O)[C@H](CC(C)C)OC(=O)C(C)(C)CNC2=O)cc1Cl. The molecule has 2 aliphatic heterocycles. The third-order valence-electron chi connectivity index (χ3n) is 14.8. The Labute approximate surface area is 507 Å². The molecule has 1 unspecified atom stereocenters. The molecule has 5 rings (SSSR count). The smallest absolute Gasteiger partial charge is 0.347 e. The Bertz CT molecular complexity index is 2900. The second-order valence-corrected chi connectivity index (χ2v) is 23.7. The van der Waals surface area contributed by atoms with Gasteiger partial charge in [-0.2, -0.15) is 0 Å². The number of benzene rings is 3. The lowest BCUT2D eigenvalue weighted by atomic mass is 9.89. The molecule has 0 radical (unpaired) electrons. The lowest BCUT2D eigenvalue weighted by Gasteiger charge is -2.29. The fraction of sp³-hybridized carbons (Fsp3) is 0.524. The van der Waals surface area contributed by atoms with Gasteiger partial charge in [-0.15, -0.1) is 0 Å². The van der Waals surface area contributed by atoms with Crippen molar-refractivity contribution in [3.63, 3.8) is 0 Å². The Morgan fingerprint density at radius 1 is 0.872 bits per heavy atom. The predicted molar refractivity (Wildman–Crippen MR) is 318 cm³/mol. The number of Topliss-reactive ketones (excluding diaryl/α,β-unsaturated/α-hetero) is 1. The standard InChI is InChI=1S/C63H83ClN6O16/c1-36(2)30-50-60(79)84-48(13-9-14-51(72)69-46(32-41-21-27-49(82-8)45(64)31-41)59(78)67-35-63(6,7)61(80)85-50)38(5)56-57(86-56)42-23-17-39(18-24-42)22-28-54(76)83-34-40-19-25-44(26-20-40)68-58(77)43(12-11-29-66-62(65)81)33-47(71)55(37(3)4)70-52(73)15-10-16-53(74)75/h9,14,17-21,23-27,31,36-38,43,46,48,50,55-57H,10-13,15-16,22,28-30,32-35H2,1-8H3,(H,67,78)(H,68,77)(H,69,72)(H,70,73)(H,74,75)(H3,65,66,81)/b14-9+/t38-,43+,46+,48?,50-,55-,56-,57-/m0/s1. The van der Waals surface area contributed by atoms with E-state index in [9.17, 15) is 47.9 Å². The van der Waals surface area contributed by atoms with E-state index in [2.05, 4.69) is 26.6 Å². The molecule has 0 spiro atoms. The van der Waals surface area contributed by atoms with Gasteiger partial charge in [-0.05, 0) is 110 Å². The van der Waals surface area contributed by atoms with Crippen LogP contribution in [0.5, 0.6) is 5.75 Å². The van der Waals surface area contributed by atoms with E-state index in [1.54, 1.807) is 76.2 Å². The number of cyclic esters (lactones) is 2. The number of rotatable bonds is 28. The minimum Gasteiger partial charge on any atom is -0.495 e. The molecule has 86 heavy (non-hydrogen) atoms. The second-order valence-electron chi connectivity index (χ2n) is 23.3. The molecule has 8 atom stereocenters. The number of carbonyl (C=O) groups is 10. The number of anilines is 1. The highest BCUT2D eigenvalue weighted by atomic mass is 35.5. The summed E-state index contributed by atoms with van der Waals surface area (Å²) in [6, 6.07) is 16.6. The van der Waals surface area contributed by atoms with Gasteiger partial charge in [0.2, 0.25) is 23.6 Å². The van der Waals surface area contributed by atoms with Gasteiger partial charge in [0, 0.05) is 69.1 Å². The number of nitrogens with two attached hydrogens (primary N) is 1. The zero-order chi connectivity index (χ0) is 63.3. The van der Waals surface area contributed by atoms with Crippen molar-refractivity contribution in [1.82, 2.24) is 21.3 Å². The first-order chi connectivity index (χ1) is 40.7. The van der Waals surface area contributed by atoms with Gasteiger partial charge in [0.05, 0.1) is 29.7 Å². The van der Waals surface area contributed by atoms with E-state index in [0.717, 1.165) is 11.1 Å². The first-order valence-corrected chi connectivity index (χ1v) is 29.5. The van der Waals surface area contributed by atoms with Crippen molar-refractivity contribution in [2.75, 3.05) is 25.5 Å². The summed E-state index contributed by atoms with van der Waals surface area (Å²) in [5, 5.41) is 22.8. The minimum atomic E-state index is -1.28. The van der Waals surface area contributed by atoms with Crippen LogP contribution >= 0.6 is 11.6 Å². The summed E-state index contributed by atoms with van der Waals surface area (Å²) < 4.78 is 29.0. The molecule has 23 heteroatoms. The predicted octanol–water partition coefficient (Wildman–Crippen LogP) is 7.16. The number of amides is 6. The van der Waals surface area contributed by atoms with Crippen LogP contribution in [0.2, 0.25) is 5.02 Å². The number of urea groups is 1. The summed E-state index contributed by atoms with van der Waals surface area (Å²) in [6.07, 6.45) is 0.996. The highest BCUT2D eigenvalue weighted by Gasteiger charge is 2.48. The van der Waals surface area contributed by atoms with Gasteiger partial charge in [0.15, 0.2) is 11.9 Å². The first-order valence-electron chi connectivity index (χ1n) is 29.1. The van der Waals surface area contributed by atoms with Crippen molar-refractivity contribution >= 4 is 76.6 Å². The van der Waals surface area contributed by atoms with Crippen LogP contribution < -0.4 is 37.1 Å². The number of ketones is 1. The van der Waals surface area contributed by atoms with E-state index in [4.69, 9.17) is 46.1 Å². The van der Waals surface area contributed by atoms with Gasteiger partial charge >= 0.3 is 29.9 Å². The number of carboxylic acid groups (broad SMARTS) is 1. The molecule has 3 aromatic rings. The van der Waals surface area contributed by atoms with Crippen LogP contribution in [-0.2, 0) is 81.5 Å². The highest BCUT2D eigenvalue weighted by molar-refractivity contribution is 6.32. The number of epoxide rings is 1. The monoisotopic (exact) mass is 1210 g/mol. The van der Waals surface area contributed by atoms with E-state index < -0.39 is 101 Å². The van der Waals surface area contributed by atoms with Crippen molar-refractivity contribution in [3.05, 3.63) is 106 Å². The number of primary amides is 1. The van der Waals surface area contributed by atoms with E-state index in [0.29, 0.717) is 40.4 Å². The number of halogens is 1. The molecule has 22 nitrogen and oxygen atoms in total. The largest absolute Gasteiger partial charge is 0.495 e. The Morgan fingerprint density at radius 2 is 1.56 bits per heavy atom. The molecule has 468 valence electrons. The second kappa shape index (κ2) is 33.2.